The lowest BCUT2D eigenvalue weighted by atomic mass is 9.66. The molecule has 0 bridgehead atoms. The molecule has 0 aromatic heterocycles. The average molecular weight is 512 g/mol. The molecular weight excluding hydrogens is 478 g/mol. The molecule has 0 amide bonds. The molecule has 0 heterocycles. The minimum Gasteiger partial charge on any atom is -0.398 e. The van der Waals surface area contributed by atoms with E-state index >= 15 is 0 Å². The van der Waals surface area contributed by atoms with Crippen molar-refractivity contribution >= 4 is 21.4 Å². The monoisotopic (exact) mass is 511 g/mol. The van der Waals surface area contributed by atoms with E-state index in [9.17, 15) is 8.42 Å². The zero-order valence-electron chi connectivity index (χ0n) is 22.2. The van der Waals surface area contributed by atoms with Crippen molar-refractivity contribution in [3.05, 3.63) is 111 Å². The molecule has 0 aliphatic heterocycles. The highest BCUT2D eigenvalue weighted by atomic mass is 32.2. The highest BCUT2D eigenvalue weighted by molar-refractivity contribution is 7.89. The van der Waals surface area contributed by atoms with E-state index in [1.165, 1.54) is 4.31 Å². The number of nitrogen functional groups attached to an aromatic ring is 2. The van der Waals surface area contributed by atoms with Crippen LogP contribution in [0.2, 0.25) is 0 Å². The summed E-state index contributed by atoms with van der Waals surface area (Å²) in [6.07, 6.45) is 0. The number of anilines is 2. The highest BCUT2D eigenvalue weighted by Gasteiger charge is 2.47. The van der Waals surface area contributed by atoms with Gasteiger partial charge in [0.25, 0.3) is 0 Å². The number of rotatable bonds is 4. The van der Waals surface area contributed by atoms with Gasteiger partial charge in [0, 0.05) is 25.5 Å². The fourth-order valence-electron chi connectivity index (χ4n) is 5.80. The lowest BCUT2D eigenvalue weighted by Gasteiger charge is -2.35. The Balaban J connectivity index is 2.01. The summed E-state index contributed by atoms with van der Waals surface area (Å²) < 4.78 is 27.8. The Morgan fingerprint density at radius 3 is 1.59 bits per heavy atom. The lowest BCUT2D eigenvalue weighted by molar-refractivity contribution is 0.520. The summed E-state index contributed by atoms with van der Waals surface area (Å²) in [5.74, 6) is 0. The first-order valence-corrected chi connectivity index (χ1v) is 13.8. The zero-order valence-corrected chi connectivity index (χ0v) is 23.0. The van der Waals surface area contributed by atoms with Crippen LogP contribution in [0, 0.1) is 27.7 Å². The molecule has 0 saturated carbocycles. The number of benzene rings is 4. The largest absolute Gasteiger partial charge is 0.398 e. The van der Waals surface area contributed by atoms with Crippen molar-refractivity contribution in [2.24, 2.45) is 0 Å². The van der Waals surface area contributed by atoms with E-state index in [0.717, 1.165) is 67.0 Å². The van der Waals surface area contributed by atoms with Crippen LogP contribution in [-0.2, 0) is 15.4 Å². The van der Waals surface area contributed by atoms with Crippen LogP contribution in [0.1, 0.15) is 44.5 Å². The van der Waals surface area contributed by atoms with Gasteiger partial charge in [-0.3, -0.25) is 0 Å². The summed E-state index contributed by atoms with van der Waals surface area (Å²) in [7, 11) is -0.534. The molecule has 4 aromatic rings. The standard InChI is InChI=1S/C31H33N3O2S/c1-18-13-22(14-19(2)29(18)32)31(23-15-20(3)30(33)21(4)16-23)27-10-8-7-9-25(27)26-12-11-24(17-28(26)31)37(35,36)34(5)6/h7-17H,32-33H2,1-6H3. The third kappa shape index (κ3) is 3.50. The normalized spacial score (nSPS) is 14.0. The molecule has 190 valence electrons. The Bertz CT molecular complexity index is 1580. The number of sulfonamides is 1. The Labute approximate surface area is 219 Å². The predicted molar refractivity (Wildman–Crippen MR) is 152 cm³/mol. The fraction of sp³-hybridized carbons (Fsp3) is 0.226. The van der Waals surface area contributed by atoms with Gasteiger partial charge in [-0.1, -0.05) is 54.6 Å². The van der Waals surface area contributed by atoms with E-state index in [-0.39, 0.29) is 4.90 Å². The van der Waals surface area contributed by atoms with Gasteiger partial charge < -0.3 is 11.5 Å². The van der Waals surface area contributed by atoms with Crippen LogP contribution >= 0.6 is 0 Å². The highest BCUT2D eigenvalue weighted by Crippen LogP contribution is 2.57. The summed E-state index contributed by atoms with van der Waals surface area (Å²) in [4.78, 5) is 0.265. The van der Waals surface area contributed by atoms with Gasteiger partial charge in [0.15, 0.2) is 0 Å². The smallest absolute Gasteiger partial charge is 0.242 e. The number of hydrogen-bond donors (Lipinski definition) is 2. The van der Waals surface area contributed by atoms with Crippen LogP contribution in [0.5, 0.6) is 0 Å². The molecular formula is C31H33N3O2S. The molecule has 5 rings (SSSR count). The molecule has 37 heavy (non-hydrogen) atoms. The molecule has 4 aromatic carbocycles. The molecule has 0 atom stereocenters. The van der Waals surface area contributed by atoms with Gasteiger partial charge in [-0.25, -0.2) is 12.7 Å². The molecule has 0 unspecified atom stereocenters. The van der Waals surface area contributed by atoms with E-state index in [1.807, 2.05) is 52.0 Å². The Morgan fingerprint density at radius 2 is 1.11 bits per heavy atom. The molecule has 0 radical (unpaired) electrons. The number of hydrogen-bond acceptors (Lipinski definition) is 4. The van der Waals surface area contributed by atoms with E-state index in [0.29, 0.717) is 0 Å². The van der Waals surface area contributed by atoms with Gasteiger partial charge >= 0.3 is 0 Å². The second kappa shape index (κ2) is 8.47. The first-order valence-electron chi connectivity index (χ1n) is 12.3. The molecule has 0 spiro atoms. The Kier molecular flexibility index (Phi) is 5.73. The van der Waals surface area contributed by atoms with Crippen molar-refractivity contribution in [2.45, 2.75) is 38.0 Å². The minimum atomic E-state index is -3.65. The van der Waals surface area contributed by atoms with Gasteiger partial charge in [0.2, 0.25) is 10.0 Å². The maximum absolute atomic E-state index is 13.3. The number of fused-ring (bicyclic) bond motifs is 3. The molecule has 0 saturated heterocycles. The minimum absolute atomic E-state index is 0.265. The fourth-order valence-corrected chi connectivity index (χ4v) is 6.73. The van der Waals surface area contributed by atoms with Gasteiger partial charge in [0.05, 0.1) is 10.3 Å². The van der Waals surface area contributed by atoms with E-state index < -0.39 is 15.4 Å². The number of nitrogens with zero attached hydrogens (tertiary/aromatic N) is 1. The Morgan fingerprint density at radius 1 is 0.649 bits per heavy atom. The molecule has 1 aliphatic rings. The summed E-state index contributed by atoms with van der Waals surface area (Å²) in [5.41, 5.74) is 23.8. The quantitative estimate of drug-likeness (QED) is 0.303. The van der Waals surface area contributed by atoms with Crippen LogP contribution < -0.4 is 11.5 Å². The van der Waals surface area contributed by atoms with Crippen molar-refractivity contribution in [2.75, 3.05) is 25.6 Å². The van der Waals surface area contributed by atoms with Gasteiger partial charge in [-0.2, -0.15) is 0 Å². The third-order valence-electron chi connectivity index (χ3n) is 7.85. The summed E-state index contributed by atoms with van der Waals surface area (Å²) in [6.45, 7) is 8.09. The van der Waals surface area contributed by atoms with Crippen LogP contribution in [0.25, 0.3) is 11.1 Å². The first-order chi connectivity index (χ1) is 17.4. The Hall–Kier alpha value is -3.61. The van der Waals surface area contributed by atoms with Crippen molar-refractivity contribution in [3.8, 4) is 11.1 Å². The van der Waals surface area contributed by atoms with Crippen molar-refractivity contribution < 1.29 is 8.42 Å². The van der Waals surface area contributed by atoms with Gasteiger partial charge in [0.1, 0.15) is 0 Å². The second-order valence-electron chi connectivity index (χ2n) is 10.3. The molecule has 1 aliphatic carbocycles. The summed E-state index contributed by atoms with van der Waals surface area (Å²) in [5, 5.41) is 0. The van der Waals surface area contributed by atoms with Crippen molar-refractivity contribution in [1.29, 1.82) is 0 Å². The topological polar surface area (TPSA) is 89.4 Å². The van der Waals surface area contributed by atoms with E-state index in [2.05, 4.69) is 36.4 Å². The molecule has 4 N–H and O–H groups in total. The van der Waals surface area contributed by atoms with E-state index in [4.69, 9.17) is 11.5 Å². The third-order valence-corrected chi connectivity index (χ3v) is 9.66. The molecule has 6 heteroatoms. The van der Waals surface area contributed by atoms with Crippen molar-refractivity contribution in [1.82, 2.24) is 4.31 Å². The van der Waals surface area contributed by atoms with Crippen LogP contribution in [0.15, 0.2) is 71.6 Å². The summed E-state index contributed by atoms with van der Waals surface area (Å²) >= 11 is 0. The summed E-state index contributed by atoms with van der Waals surface area (Å²) in [6, 6.07) is 22.4. The van der Waals surface area contributed by atoms with Crippen LogP contribution in [0.4, 0.5) is 11.4 Å². The molecule has 0 fully saturated rings. The van der Waals surface area contributed by atoms with Crippen molar-refractivity contribution in [3.63, 3.8) is 0 Å². The average Bonchev–Trinajstić information content (AvgIpc) is 3.15. The zero-order chi connectivity index (χ0) is 26.9. The van der Waals surface area contributed by atoms with Crippen LogP contribution in [0.3, 0.4) is 0 Å². The maximum atomic E-state index is 13.3. The molecule has 5 nitrogen and oxygen atoms in total. The van der Waals surface area contributed by atoms with Gasteiger partial charge in [-0.15, -0.1) is 0 Å². The SMILES string of the molecule is Cc1cc(C2(c3cc(C)c(N)c(C)c3)c3ccccc3-c3ccc(S(=O)(=O)N(C)C)cc32)cc(C)c1N. The number of aryl methyl sites for hydroxylation is 4. The first kappa shape index (κ1) is 25.1. The van der Waals surface area contributed by atoms with E-state index in [1.54, 1.807) is 20.2 Å². The van der Waals surface area contributed by atoms with Gasteiger partial charge in [-0.05, 0) is 95.5 Å². The lowest BCUT2D eigenvalue weighted by Crippen LogP contribution is -2.30. The number of nitrogens with two attached hydrogens (primary N) is 2. The van der Waals surface area contributed by atoms with Crippen LogP contribution in [-0.4, -0.2) is 26.8 Å². The second-order valence-corrected chi connectivity index (χ2v) is 12.5. The predicted octanol–water partition coefficient (Wildman–Crippen LogP) is 5.70. The maximum Gasteiger partial charge on any atom is 0.242 e.